The first-order valence-corrected chi connectivity index (χ1v) is 11.3. The average Bonchev–Trinajstić information content (AvgIpc) is 3.14. The van der Waals surface area contributed by atoms with Crippen LogP contribution in [-0.4, -0.2) is 15.7 Å². The molecule has 0 fully saturated rings. The van der Waals surface area contributed by atoms with Gasteiger partial charge in [-0.3, -0.25) is 9.48 Å². The third kappa shape index (κ3) is 6.08. The lowest BCUT2D eigenvalue weighted by atomic mass is 10.1. The van der Waals surface area contributed by atoms with E-state index in [0.717, 1.165) is 16.8 Å². The lowest BCUT2D eigenvalue weighted by molar-refractivity contribution is 0.102. The number of aromatic nitrogens is 2. The number of benzene rings is 3. The van der Waals surface area contributed by atoms with Crippen LogP contribution in [-0.2, 0) is 13.2 Å². The molecule has 0 bridgehead atoms. The predicted molar refractivity (Wildman–Crippen MR) is 133 cm³/mol. The number of rotatable bonds is 7. The molecule has 4 rings (SSSR count). The summed E-state index contributed by atoms with van der Waals surface area (Å²) in [6.07, 6.45) is 0. The van der Waals surface area contributed by atoms with Crippen LogP contribution in [0.1, 0.15) is 27.2 Å². The lowest BCUT2D eigenvalue weighted by Crippen LogP contribution is -2.13. The van der Waals surface area contributed by atoms with Crippen LogP contribution in [0.3, 0.4) is 0 Å². The summed E-state index contributed by atoms with van der Waals surface area (Å²) in [5, 5.41) is 9.01. The van der Waals surface area contributed by atoms with Crippen LogP contribution in [0, 0.1) is 6.92 Å². The molecule has 5 nitrogen and oxygen atoms in total. The Bertz CT molecular complexity index is 1290. The van der Waals surface area contributed by atoms with Crippen LogP contribution in [0.25, 0.3) is 0 Å². The van der Waals surface area contributed by atoms with Crippen molar-refractivity contribution in [1.82, 2.24) is 9.78 Å². The normalized spacial score (nSPS) is 10.8. The average molecular weight is 501 g/mol. The third-order valence-corrected chi connectivity index (χ3v) is 5.94. The van der Waals surface area contributed by atoms with Crippen molar-refractivity contribution in [1.29, 1.82) is 0 Å². The molecule has 0 radical (unpaired) electrons. The number of amides is 1. The highest BCUT2D eigenvalue weighted by Crippen LogP contribution is 2.23. The summed E-state index contributed by atoms with van der Waals surface area (Å²) in [5.74, 6) is 0.931. The van der Waals surface area contributed by atoms with Gasteiger partial charge in [0.1, 0.15) is 12.4 Å². The molecule has 33 heavy (non-hydrogen) atoms. The molecule has 0 aliphatic carbocycles. The topological polar surface area (TPSA) is 56.1 Å². The van der Waals surface area contributed by atoms with Gasteiger partial charge >= 0.3 is 0 Å². The first-order chi connectivity index (χ1) is 15.9. The first kappa shape index (κ1) is 23.2. The number of aryl methyl sites for hydroxylation is 1. The Morgan fingerprint density at radius 2 is 1.73 bits per heavy atom. The molecule has 0 spiro atoms. The number of halogens is 3. The highest BCUT2D eigenvalue weighted by molar-refractivity contribution is 6.42. The van der Waals surface area contributed by atoms with Gasteiger partial charge in [0.2, 0.25) is 0 Å². The van der Waals surface area contributed by atoms with E-state index in [-0.39, 0.29) is 5.91 Å². The summed E-state index contributed by atoms with van der Waals surface area (Å²) in [6, 6.07) is 21.7. The first-order valence-electron chi connectivity index (χ1n) is 10.1. The van der Waals surface area contributed by atoms with E-state index in [0.29, 0.717) is 45.4 Å². The van der Waals surface area contributed by atoms with Crippen LogP contribution in [0.15, 0.2) is 72.8 Å². The van der Waals surface area contributed by atoms with Crippen LogP contribution < -0.4 is 10.1 Å². The van der Waals surface area contributed by atoms with E-state index in [9.17, 15) is 4.79 Å². The molecule has 3 aromatic carbocycles. The Morgan fingerprint density at radius 1 is 0.939 bits per heavy atom. The van der Waals surface area contributed by atoms with E-state index < -0.39 is 0 Å². The fourth-order valence-electron chi connectivity index (χ4n) is 3.23. The molecule has 0 saturated heterocycles. The van der Waals surface area contributed by atoms with Gasteiger partial charge in [-0.15, -0.1) is 0 Å². The molecule has 168 valence electrons. The van der Waals surface area contributed by atoms with Crippen molar-refractivity contribution in [2.45, 2.75) is 20.1 Å². The molecule has 4 aromatic rings. The Balaban J connectivity index is 1.40. The maximum Gasteiger partial charge on any atom is 0.256 e. The van der Waals surface area contributed by atoms with Gasteiger partial charge < -0.3 is 10.1 Å². The van der Waals surface area contributed by atoms with Crippen molar-refractivity contribution in [3.8, 4) is 5.75 Å². The zero-order chi connectivity index (χ0) is 23.4. The standard InChI is InChI=1S/C25H20Cl3N3O2/c1-16-11-24(30-31(16)14-17-5-10-22(27)23(28)13-17)29-25(32)19-4-2-3-18(12-19)15-33-21-8-6-20(26)7-9-21/h2-13H,14-15H2,1H3,(H,29,30,32). The molecule has 8 heteroatoms. The number of anilines is 1. The summed E-state index contributed by atoms with van der Waals surface area (Å²) in [5.41, 5.74) is 3.26. The molecule has 1 N–H and O–H groups in total. The number of hydrogen-bond acceptors (Lipinski definition) is 3. The van der Waals surface area contributed by atoms with E-state index in [1.807, 2.05) is 31.2 Å². The number of carbonyl (C=O) groups is 1. The summed E-state index contributed by atoms with van der Waals surface area (Å²) >= 11 is 18.0. The fraction of sp³-hybridized carbons (Fsp3) is 0.120. The lowest BCUT2D eigenvalue weighted by Gasteiger charge is -2.08. The fourth-order valence-corrected chi connectivity index (χ4v) is 3.68. The van der Waals surface area contributed by atoms with Gasteiger partial charge in [0.05, 0.1) is 16.6 Å². The molecule has 0 aliphatic rings. The van der Waals surface area contributed by atoms with Gasteiger partial charge in [-0.2, -0.15) is 5.10 Å². The summed E-state index contributed by atoms with van der Waals surface area (Å²) < 4.78 is 7.56. The Hall–Kier alpha value is -2.99. The van der Waals surface area contributed by atoms with Gasteiger partial charge in [-0.25, -0.2) is 0 Å². The van der Waals surface area contributed by atoms with Crippen LogP contribution in [0.2, 0.25) is 15.1 Å². The molecule has 0 saturated carbocycles. The second kappa shape index (κ2) is 10.3. The summed E-state index contributed by atoms with van der Waals surface area (Å²) in [6.45, 7) is 2.77. The maximum atomic E-state index is 12.8. The zero-order valence-corrected chi connectivity index (χ0v) is 20.0. The molecule has 0 aliphatic heterocycles. The van der Waals surface area contributed by atoms with Crippen LogP contribution in [0.5, 0.6) is 5.75 Å². The Labute approximate surface area is 206 Å². The minimum Gasteiger partial charge on any atom is -0.489 e. The van der Waals surface area contributed by atoms with Crippen LogP contribution >= 0.6 is 34.8 Å². The molecule has 1 aromatic heterocycles. The molecule has 0 unspecified atom stereocenters. The van der Waals surface area contributed by atoms with Crippen molar-refractivity contribution in [3.63, 3.8) is 0 Å². The Kier molecular flexibility index (Phi) is 7.23. The second-order valence-electron chi connectivity index (χ2n) is 7.47. The molecule has 1 heterocycles. The minimum atomic E-state index is -0.248. The predicted octanol–water partition coefficient (Wildman–Crippen LogP) is 7.03. The zero-order valence-electron chi connectivity index (χ0n) is 17.7. The second-order valence-corrected chi connectivity index (χ2v) is 8.73. The van der Waals surface area contributed by atoms with E-state index in [1.54, 1.807) is 53.2 Å². The number of carbonyl (C=O) groups excluding carboxylic acids is 1. The van der Waals surface area contributed by atoms with Crippen molar-refractivity contribution in [2.75, 3.05) is 5.32 Å². The van der Waals surface area contributed by atoms with Gasteiger partial charge in [-0.05, 0) is 66.6 Å². The highest BCUT2D eigenvalue weighted by Gasteiger charge is 2.12. The monoisotopic (exact) mass is 499 g/mol. The van der Waals surface area contributed by atoms with E-state index in [4.69, 9.17) is 39.5 Å². The minimum absolute atomic E-state index is 0.248. The molecular formula is C25H20Cl3N3O2. The maximum absolute atomic E-state index is 12.8. The van der Waals surface area contributed by atoms with Gasteiger partial charge in [0, 0.05) is 22.3 Å². The molecular weight excluding hydrogens is 481 g/mol. The van der Waals surface area contributed by atoms with Gasteiger partial charge in [0.15, 0.2) is 5.82 Å². The number of nitrogens with one attached hydrogen (secondary N) is 1. The number of ether oxygens (including phenoxy) is 1. The largest absolute Gasteiger partial charge is 0.489 e. The smallest absolute Gasteiger partial charge is 0.256 e. The SMILES string of the molecule is Cc1cc(NC(=O)c2cccc(COc3ccc(Cl)cc3)c2)nn1Cc1ccc(Cl)c(Cl)c1. The summed E-state index contributed by atoms with van der Waals surface area (Å²) in [4.78, 5) is 12.8. The number of hydrogen-bond donors (Lipinski definition) is 1. The molecule has 0 atom stereocenters. The van der Waals surface area contributed by atoms with Gasteiger partial charge in [-0.1, -0.05) is 53.0 Å². The van der Waals surface area contributed by atoms with Crippen molar-refractivity contribution < 1.29 is 9.53 Å². The highest BCUT2D eigenvalue weighted by atomic mass is 35.5. The van der Waals surface area contributed by atoms with Crippen LogP contribution in [0.4, 0.5) is 5.82 Å². The van der Waals surface area contributed by atoms with E-state index in [2.05, 4.69) is 10.4 Å². The molecule has 1 amide bonds. The summed E-state index contributed by atoms with van der Waals surface area (Å²) in [7, 11) is 0. The number of nitrogens with zero attached hydrogens (tertiary/aromatic N) is 2. The van der Waals surface area contributed by atoms with Crippen molar-refractivity contribution in [3.05, 3.63) is 110 Å². The van der Waals surface area contributed by atoms with Gasteiger partial charge in [0.25, 0.3) is 5.91 Å². The Morgan fingerprint density at radius 3 is 2.48 bits per heavy atom. The third-order valence-electron chi connectivity index (χ3n) is 4.95. The van der Waals surface area contributed by atoms with E-state index >= 15 is 0 Å². The van der Waals surface area contributed by atoms with Crippen molar-refractivity contribution >= 4 is 46.5 Å². The quantitative estimate of drug-likeness (QED) is 0.296. The van der Waals surface area contributed by atoms with E-state index in [1.165, 1.54) is 0 Å². The van der Waals surface area contributed by atoms with Crippen molar-refractivity contribution in [2.24, 2.45) is 0 Å².